The first-order chi connectivity index (χ1) is 10.9. The van der Waals surface area contributed by atoms with Crippen molar-refractivity contribution in [1.82, 2.24) is 5.32 Å². The summed E-state index contributed by atoms with van der Waals surface area (Å²) in [4.78, 5) is 12.4. The first-order valence-electron chi connectivity index (χ1n) is 6.67. The molecule has 0 aromatic heterocycles. The van der Waals surface area contributed by atoms with E-state index in [0.29, 0.717) is 6.07 Å². The van der Waals surface area contributed by atoms with Gasteiger partial charge in [-0.3, -0.25) is 0 Å². The van der Waals surface area contributed by atoms with Crippen molar-refractivity contribution in [3.63, 3.8) is 0 Å². The summed E-state index contributed by atoms with van der Waals surface area (Å²) in [5.41, 5.74) is -0.285. The standard InChI is InChI=1S/C13H11F4N2O3S/c1-2-5-8-7(19(20)12-10(5)18-4-23(12)21)3-6(14)9(15)11(8)22-13(16)17/h3,5,13,18H,2,4H2,1H3/q+1. The van der Waals surface area contributed by atoms with E-state index in [2.05, 4.69) is 10.1 Å². The third kappa shape index (κ3) is 2.36. The Morgan fingerprint density at radius 3 is 2.83 bits per heavy atom. The van der Waals surface area contributed by atoms with Crippen LogP contribution in [0.25, 0.3) is 0 Å². The van der Waals surface area contributed by atoms with E-state index in [1.54, 1.807) is 6.92 Å². The molecule has 2 heterocycles. The van der Waals surface area contributed by atoms with Gasteiger partial charge in [-0.25, -0.2) is 4.39 Å². The maximum Gasteiger partial charge on any atom is 0.456 e. The number of nitrogens with zero attached hydrogens (tertiary/aromatic N) is 1. The summed E-state index contributed by atoms with van der Waals surface area (Å²) in [6.07, 6.45) is 0.286. The molecule has 0 aliphatic carbocycles. The molecule has 0 fully saturated rings. The van der Waals surface area contributed by atoms with Crippen LogP contribution in [-0.4, -0.2) is 21.8 Å². The fraction of sp³-hybridized carbons (Fsp3) is 0.385. The second-order valence-corrected chi connectivity index (χ2v) is 6.32. The molecule has 0 amide bonds. The Bertz CT molecular complexity index is 726. The van der Waals surface area contributed by atoms with Gasteiger partial charge in [0.25, 0.3) is 5.69 Å². The van der Waals surface area contributed by atoms with Crippen LogP contribution < -0.4 is 10.1 Å². The monoisotopic (exact) mass is 351 g/mol. The number of ether oxygens (including phenoxy) is 1. The predicted molar refractivity (Wildman–Crippen MR) is 72.5 cm³/mol. The Hall–Kier alpha value is -1.81. The first kappa shape index (κ1) is 16.1. The zero-order valence-corrected chi connectivity index (χ0v) is 12.6. The molecule has 10 heteroatoms. The molecule has 2 aliphatic heterocycles. The summed E-state index contributed by atoms with van der Waals surface area (Å²) >= 11 is -1.65. The summed E-state index contributed by atoms with van der Waals surface area (Å²) in [7, 11) is 0. The Labute approximate surface area is 131 Å². The van der Waals surface area contributed by atoms with E-state index in [1.165, 1.54) is 0 Å². The van der Waals surface area contributed by atoms with E-state index >= 15 is 0 Å². The second kappa shape index (κ2) is 5.68. The van der Waals surface area contributed by atoms with Crippen LogP contribution in [0.2, 0.25) is 0 Å². The Kier molecular flexibility index (Phi) is 3.96. The number of fused-ring (bicyclic) bond motifs is 1. The molecular weight excluding hydrogens is 340 g/mol. The quantitative estimate of drug-likeness (QED) is 0.517. The number of hydrogen-bond acceptors (Lipinski definition) is 4. The Morgan fingerprint density at radius 1 is 1.52 bits per heavy atom. The van der Waals surface area contributed by atoms with Crippen molar-refractivity contribution < 1.29 is 31.6 Å². The minimum Gasteiger partial charge on any atom is -0.605 e. The van der Waals surface area contributed by atoms with Gasteiger partial charge in [0.15, 0.2) is 23.1 Å². The summed E-state index contributed by atoms with van der Waals surface area (Å²) < 4.78 is 69.1. The van der Waals surface area contributed by atoms with Crippen molar-refractivity contribution in [2.24, 2.45) is 0 Å². The third-order valence-electron chi connectivity index (χ3n) is 3.75. The van der Waals surface area contributed by atoms with Crippen LogP contribution in [0, 0.1) is 16.5 Å². The summed E-state index contributed by atoms with van der Waals surface area (Å²) in [5, 5.41) is 2.68. The predicted octanol–water partition coefficient (Wildman–Crippen LogP) is 2.96. The van der Waals surface area contributed by atoms with E-state index < -0.39 is 41.1 Å². The number of nitroso groups, excluding NO2 is 1. The van der Waals surface area contributed by atoms with Crippen molar-refractivity contribution in [3.05, 3.63) is 38.9 Å². The fourth-order valence-corrected chi connectivity index (χ4v) is 4.03. The van der Waals surface area contributed by atoms with E-state index in [0.717, 1.165) is 0 Å². The molecule has 2 atom stereocenters. The molecular formula is C13H11F4N2O3S+. The Balaban J connectivity index is 2.27. The van der Waals surface area contributed by atoms with Crippen LogP contribution in [0.3, 0.4) is 0 Å². The maximum absolute atomic E-state index is 14.0. The van der Waals surface area contributed by atoms with Gasteiger partial charge >= 0.3 is 11.6 Å². The lowest BCUT2D eigenvalue weighted by molar-refractivity contribution is -0.398. The average Bonchev–Trinajstić information content (AvgIpc) is 2.87. The summed E-state index contributed by atoms with van der Waals surface area (Å²) in [5.74, 6) is -4.81. The van der Waals surface area contributed by atoms with Crippen LogP contribution in [0.15, 0.2) is 16.8 Å². The van der Waals surface area contributed by atoms with Crippen molar-refractivity contribution in [2.75, 3.05) is 5.88 Å². The molecule has 0 saturated heterocycles. The van der Waals surface area contributed by atoms with Gasteiger partial charge in [-0.15, -0.1) is 0 Å². The number of hydrogen-bond donors (Lipinski definition) is 1. The highest BCUT2D eigenvalue weighted by Crippen LogP contribution is 2.49. The van der Waals surface area contributed by atoms with Gasteiger partial charge in [-0.05, 0) is 6.42 Å². The minimum atomic E-state index is -3.38. The number of benzene rings is 1. The molecule has 1 N–H and O–H groups in total. The van der Waals surface area contributed by atoms with Crippen molar-refractivity contribution >= 4 is 16.9 Å². The molecule has 23 heavy (non-hydrogen) atoms. The van der Waals surface area contributed by atoms with E-state index in [-0.39, 0.29) is 39.0 Å². The molecule has 1 aromatic carbocycles. The van der Waals surface area contributed by atoms with Gasteiger partial charge in [0.1, 0.15) is 4.76 Å². The molecule has 0 spiro atoms. The molecule has 2 aliphatic rings. The van der Waals surface area contributed by atoms with Crippen molar-refractivity contribution in [1.29, 1.82) is 0 Å². The molecule has 5 nitrogen and oxygen atoms in total. The van der Waals surface area contributed by atoms with Gasteiger partial charge in [0, 0.05) is 10.8 Å². The van der Waals surface area contributed by atoms with Gasteiger partial charge < -0.3 is 14.6 Å². The number of halogens is 4. The molecule has 0 radical (unpaired) electrons. The molecule has 124 valence electrons. The average molecular weight is 351 g/mol. The maximum atomic E-state index is 14.0. The third-order valence-corrected chi connectivity index (χ3v) is 4.97. The number of nitrogens with one attached hydrogen (secondary N) is 1. The smallest absolute Gasteiger partial charge is 0.456 e. The second-order valence-electron chi connectivity index (χ2n) is 4.95. The van der Waals surface area contributed by atoms with E-state index in [4.69, 9.17) is 0 Å². The lowest BCUT2D eigenvalue weighted by Gasteiger charge is -2.21. The van der Waals surface area contributed by atoms with Gasteiger partial charge in [0.2, 0.25) is 5.82 Å². The SMILES string of the molecule is CCC1C2=C([N+](=O)c3cc(F)c(F)c(OC(F)F)c31)[S+]([O-])CN2. The van der Waals surface area contributed by atoms with Crippen LogP contribution in [-0.2, 0) is 11.2 Å². The van der Waals surface area contributed by atoms with Crippen molar-refractivity contribution in [3.8, 4) is 5.75 Å². The fourth-order valence-electron chi connectivity index (χ4n) is 2.86. The normalized spacial score (nSPS) is 23.0. The lowest BCUT2D eigenvalue weighted by Crippen LogP contribution is -2.24. The highest BCUT2D eigenvalue weighted by molar-refractivity contribution is 7.95. The topological polar surface area (TPSA) is 64.4 Å². The van der Waals surface area contributed by atoms with Gasteiger partial charge in [-0.1, -0.05) is 6.92 Å². The van der Waals surface area contributed by atoms with E-state index in [9.17, 15) is 27.0 Å². The van der Waals surface area contributed by atoms with Gasteiger partial charge in [-0.2, -0.15) is 13.2 Å². The number of allylic oxidation sites excluding steroid dienone is 1. The zero-order valence-electron chi connectivity index (χ0n) is 11.7. The molecule has 0 saturated carbocycles. The van der Waals surface area contributed by atoms with Crippen LogP contribution in [0.1, 0.15) is 24.8 Å². The van der Waals surface area contributed by atoms with Gasteiger partial charge in [0.05, 0.1) is 22.8 Å². The molecule has 2 unspecified atom stereocenters. The lowest BCUT2D eigenvalue weighted by atomic mass is 9.88. The van der Waals surface area contributed by atoms with Crippen LogP contribution in [0.4, 0.5) is 23.2 Å². The largest absolute Gasteiger partial charge is 0.605 e. The Morgan fingerprint density at radius 2 is 2.22 bits per heavy atom. The van der Waals surface area contributed by atoms with Crippen LogP contribution in [0.5, 0.6) is 5.75 Å². The minimum absolute atomic E-state index is 0.0239. The number of rotatable bonds is 3. The highest BCUT2D eigenvalue weighted by atomic mass is 32.2. The zero-order chi connectivity index (χ0) is 16.9. The molecule has 3 rings (SSSR count). The summed E-state index contributed by atoms with van der Waals surface area (Å²) in [6, 6.07) is 0.609. The molecule has 1 aromatic rings. The summed E-state index contributed by atoms with van der Waals surface area (Å²) in [6.45, 7) is -1.70. The van der Waals surface area contributed by atoms with E-state index in [1.807, 2.05) is 0 Å². The first-order valence-corrected chi connectivity index (χ1v) is 7.99. The highest BCUT2D eigenvalue weighted by Gasteiger charge is 2.53. The number of alkyl halides is 2. The molecule has 0 bridgehead atoms. The van der Waals surface area contributed by atoms with Crippen molar-refractivity contribution in [2.45, 2.75) is 25.9 Å². The van der Waals surface area contributed by atoms with Crippen LogP contribution >= 0.6 is 0 Å².